The second kappa shape index (κ2) is 4.55. The van der Waals surface area contributed by atoms with E-state index in [0.29, 0.717) is 6.61 Å². The van der Waals surface area contributed by atoms with Crippen molar-refractivity contribution in [1.82, 2.24) is 0 Å². The zero-order valence-electron chi connectivity index (χ0n) is 9.45. The number of fused-ring (bicyclic) bond motifs is 1. The van der Waals surface area contributed by atoms with Crippen molar-refractivity contribution in [3.8, 4) is 5.75 Å². The molecule has 0 amide bonds. The second-order valence-corrected chi connectivity index (χ2v) is 3.69. The molecule has 2 aromatic rings. The Morgan fingerprint density at radius 3 is 2.81 bits per heavy atom. The van der Waals surface area contributed by atoms with E-state index in [9.17, 15) is 0 Å². The van der Waals surface area contributed by atoms with Gasteiger partial charge in [-0.1, -0.05) is 0 Å². The van der Waals surface area contributed by atoms with Crippen LogP contribution in [0.5, 0.6) is 5.75 Å². The van der Waals surface area contributed by atoms with E-state index in [0.717, 1.165) is 34.5 Å². The van der Waals surface area contributed by atoms with Crippen LogP contribution in [0.1, 0.15) is 11.3 Å². The predicted molar refractivity (Wildman–Crippen MR) is 61.3 cm³/mol. The Bertz CT molecular complexity index is 490. The molecule has 2 N–H and O–H groups in total. The van der Waals surface area contributed by atoms with E-state index in [1.54, 1.807) is 7.11 Å². The average Bonchev–Trinajstić information content (AvgIpc) is 2.65. The molecule has 0 aliphatic rings. The van der Waals surface area contributed by atoms with Gasteiger partial charge in [-0.3, -0.25) is 0 Å². The highest BCUT2D eigenvalue weighted by Crippen LogP contribution is 2.30. The summed E-state index contributed by atoms with van der Waals surface area (Å²) in [5.41, 5.74) is 1.91. The highest BCUT2D eigenvalue weighted by molar-refractivity contribution is 5.84. The lowest BCUT2D eigenvalue weighted by Gasteiger charge is -2.05. The first-order valence-electron chi connectivity index (χ1n) is 5.13. The molecule has 2 rings (SSSR count). The van der Waals surface area contributed by atoms with Gasteiger partial charge in [-0.25, -0.2) is 5.90 Å². The summed E-state index contributed by atoms with van der Waals surface area (Å²) in [6, 6.07) is 6.00. The van der Waals surface area contributed by atoms with Gasteiger partial charge in [0, 0.05) is 5.39 Å². The van der Waals surface area contributed by atoms with Crippen LogP contribution in [0.2, 0.25) is 0 Å². The van der Waals surface area contributed by atoms with Crippen LogP contribution in [-0.2, 0) is 11.3 Å². The highest BCUT2D eigenvalue weighted by atomic mass is 16.6. The first-order valence-corrected chi connectivity index (χ1v) is 5.13. The molecule has 0 fully saturated rings. The standard InChI is InChI=1S/C12H15NO3/c1-8-5-10-6-9(3-4-15-13)7-11(14-2)12(10)16-8/h5-7H,3-4,13H2,1-2H3. The Hall–Kier alpha value is -1.52. The van der Waals surface area contributed by atoms with Gasteiger partial charge in [0.2, 0.25) is 0 Å². The Morgan fingerprint density at radius 2 is 2.12 bits per heavy atom. The number of benzene rings is 1. The van der Waals surface area contributed by atoms with Crippen molar-refractivity contribution < 1.29 is 14.0 Å². The molecule has 0 unspecified atom stereocenters. The van der Waals surface area contributed by atoms with Gasteiger partial charge in [-0.15, -0.1) is 0 Å². The van der Waals surface area contributed by atoms with Crippen molar-refractivity contribution in [3.05, 3.63) is 29.5 Å². The lowest BCUT2D eigenvalue weighted by molar-refractivity contribution is 0.141. The minimum Gasteiger partial charge on any atom is -0.493 e. The molecule has 0 aliphatic carbocycles. The number of nitrogens with two attached hydrogens (primary N) is 1. The summed E-state index contributed by atoms with van der Waals surface area (Å²) in [7, 11) is 1.63. The summed E-state index contributed by atoms with van der Waals surface area (Å²) < 4.78 is 10.9. The molecule has 16 heavy (non-hydrogen) atoms. The monoisotopic (exact) mass is 221 g/mol. The number of furan rings is 1. The normalized spacial score (nSPS) is 10.9. The number of hydrogen-bond donors (Lipinski definition) is 1. The van der Waals surface area contributed by atoms with Crippen LogP contribution >= 0.6 is 0 Å². The maximum atomic E-state index is 5.57. The molecule has 0 radical (unpaired) electrons. The largest absolute Gasteiger partial charge is 0.493 e. The molecule has 4 nitrogen and oxygen atoms in total. The van der Waals surface area contributed by atoms with Gasteiger partial charge in [-0.05, 0) is 37.1 Å². The molecule has 0 saturated heterocycles. The quantitative estimate of drug-likeness (QED) is 0.804. The van der Waals surface area contributed by atoms with Crippen molar-refractivity contribution >= 4 is 11.0 Å². The lowest BCUT2D eigenvalue weighted by Crippen LogP contribution is -2.03. The maximum Gasteiger partial charge on any atom is 0.176 e. The number of hydrogen-bond acceptors (Lipinski definition) is 4. The summed E-state index contributed by atoms with van der Waals surface area (Å²) in [6.07, 6.45) is 0.757. The molecule has 0 bridgehead atoms. The van der Waals surface area contributed by atoms with Crippen molar-refractivity contribution in [3.63, 3.8) is 0 Å². The summed E-state index contributed by atoms with van der Waals surface area (Å²) in [6.45, 7) is 2.41. The van der Waals surface area contributed by atoms with E-state index in [2.05, 4.69) is 10.9 Å². The maximum absolute atomic E-state index is 5.57. The molecule has 0 spiro atoms. The first-order chi connectivity index (χ1) is 7.74. The summed E-state index contributed by atoms with van der Waals surface area (Å²) in [5, 5.41) is 1.05. The van der Waals surface area contributed by atoms with E-state index >= 15 is 0 Å². The van der Waals surface area contributed by atoms with Crippen molar-refractivity contribution in [2.75, 3.05) is 13.7 Å². The van der Waals surface area contributed by atoms with Gasteiger partial charge >= 0.3 is 0 Å². The smallest absolute Gasteiger partial charge is 0.176 e. The third-order valence-electron chi connectivity index (χ3n) is 2.49. The van der Waals surface area contributed by atoms with Crippen LogP contribution in [0.25, 0.3) is 11.0 Å². The van der Waals surface area contributed by atoms with E-state index in [-0.39, 0.29) is 0 Å². The predicted octanol–water partition coefficient (Wildman–Crippen LogP) is 2.18. The topological polar surface area (TPSA) is 57.6 Å². The number of ether oxygens (including phenoxy) is 1. The molecule has 0 atom stereocenters. The SMILES string of the molecule is COc1cc(CCON)cc2cc(C)oc12. The molecule has 4 heteroatoms. The Labute approximate surface area is 93.9 Å². The van der Waals surface area contributed by atoms with Crippen LogP contribution in [0, 0.1) is 6.92 Å². The molecule has 86 valence electrons. The van der Waals surface area contributed by atoms with Gasteiger partial charge in [-0.2, -0.15) is 0 Å². The fraction of sp³-hybridized carbons (Fsp3) is 0.333. The molecular weight excluding hydrogens is 206 g/mol. The van der Waals surface area contributed by atoms with Crippen LogP contribution in [0.15, 0.2) is 22.6 Å². The number of methoxy groups -OCH3 is 1. The van der Waals surface area contributed by atoms with Crippen molar-refractivity contribution in [1.29, 1.82) is 0 Å². The fourth-order valence-electron chi connectivity index (χ4n) is 1.78. The lowest BCUT2D eigenvalue weighted by atomic mass is 10.1. The van der Waals surface area contributed by atoms with Crippen LogP contribution in [-0.4, -0.2) is 13.7 Å². The molecule has 0 aliphatic heterocycles. The van der Waals surface area contributed by atoms with Crippen LogP contribution < -0.4 is 10.6 Å². The van der Waals surface area contributed by atoms with Crippen molar-refractivity contribution in [2.45, 2.75) is 13.3 Å². The van der Waals surface area contributed by atoms with Gasteiger partial charge in [0.1, 0.15) is 5.76 Å². The highest BCUT2D eigenvalue weighted by Gasteiger charge is 2.09. The Balaban J connectivity index is 2.45. The van der Waals surface area contributed by atoms with E-state index in [4.69, 9.17) is 15.1 Å². The summed E-state index contributed by atoms with van der Waals surface area (Å²) in [4.78, 5) is 4.57. The zero-order chi connectivity index (χ0) is 11.5. The molecule has 1 aromatic carbocycles. The van der Waals surface area contributed by atoms with Crippen molar-refractivity contribution in [2.24, 2.45) is 5.90 Å². The van der Waals surface area contributed by atoms with Crippen LogP contribution in [0.4, 0.5) is 0 Å². The van der Waals surface area contributed by atoms with Crippen LogP contribution in [0.3, 0.4) is 0 Å². The van der Waals surface area contributed by atoms with Gasteiger partial charge in [0.15, 0.2) is 11.3 Å². The second-order valence-electron chi connectivity index (χ2n) is 3.69. The first kappa shape index (κ1) is 11.0. The molecular formula is C12H15NO3. The number of rotatable bonds is 4. The van der Waals surface area contributed by atoms with Gasteiger partial charge in [0.25, 0.3) is 0 Å². The van der Waals surface area contributed by atoms with E-state index in [1.165, 1.54) is 0 Å². The van der Waals surface area contributed by atoms with E-state index in [1.807, 2.05) is 19.1 Å². The molecule has 1 aromatic heterocycles. The minimum atomic E-state index is 0.492. The average molecular weight is 221 g/mol. The zero-order valence-corrected chi connectivity index (χ0v) is 9.45. The Morgan fingerprint density at radius 1 is 1.31 bits per heavy atom. The minimum absolute atomic E-state index is 0.492. The molecule has 1 heterocycles. The van der Waals surface area contributed by atoms with Gasteiger partial charge < -0.3 is 14.0 Å². The number of aryl methyl sites for hydroxylation is 1. The third-order valence-corrected chi connectivity index (χ3v) is 2.49. The summed E-state index contributed by atoms with van der Waals surface area (Å²) >= 11 is 0. The fourth-order valence-corrected chi connectivity index (χ4v) is 1.78. The van der Waals surface area contributed by atoms with E-state index < -0.39 is 0 Å². The third kappa shape index (κ3) is 2.03. The summed E-state index contributed by atoms with van der Waals surface area (Å²) in [5.74, 6) is 6.64. The molecule has 0 saturated carbocycles. The van der Waals surface area contributed by atoms with Gasteiger partial charge in [0.05, 0.1) is 13.7 Å². The Kier molecular flexibility index (Phi) is 3.12.